The molecule has 2 aliphatic heterocycles. The van der Waals surface area contributed by atoms with Crippen molar-refractivity contribution in [3.05, 3.63) is 34.6 Å². The predicted octanol–water partition coefficient (Wildman–Crippen LogP) is 1.44. The van der Waals surface area contributed by atoms with Crippen molar-refractivity contribution >= 4 is 5.91 Å². The zero-order valence-corrected chi connectivity index (χ0v) is 13.1. The van der Waals surface area contributed by atoms with Crippen LogP contribution < -0.4 is 10.8 Å². The molecule has 23 heavy (non-hydrogen) atoms. The number of carbonyl (C=O) groups is 1. The van der Waals surface area contributed by atoms with Crippen molar-refractivity contribution in [1.82, 2.24) is 15.7 Å². The summed E-state index contributed by atoms with van der Waals surface area (Å²) in [5.74, 6) is -1.01. The quantitative estimate of drug-likeness (QED) is 0.570. The standard InChI is InChI=1S/C17H22FN3O2/c18-14-8-12(16(22)20-23)7-11-2-6-21(9-13(11)14)15-1-3-17(15)4-5-19-10-17/h7-8,15,19,23H,1-6,9-10H2,(H,20,22)/t15-,17-/m1/s1. The van der Waals surface area contributed by atoms with Gasteiger partial charge < -0.3 is 5.32 Å². The van der Waals surface area contributed by atoms with E-state index < -0.39 is 5.91 Å². The Morgan fingerprint density at radius 3 is 2.96 bits per heavy atom. The third-order valence-electron chi connectivity index (χ3n) is 6.02. The number of nitrogens with zero attached hydrogens (tertiary/aromatic N) is 1. The van der Waals surface area contributed by atoms with Crippen LogP contribution in [0.3, 0.4) is 0 Å². The van der Waals surface area contributed by atoms with Crippen LogP contribution in [-0.4, -0.2) is 41.7 Å². The summed E-state index contributed by atoms with van der Waals surface area (Å²) in [6, 6.07) is 3.47. The number of hydroxylamine groups is 1. The highest BCUT2D eigenvalue weighted by molar-refractivity contribution is 5.93. The van der Waals surface area contributed by atoms with Crippen LogP contribution in [0.2, 0.25) is 0 Å². The Hall–Kier alpha value is -1.50. The minimum atomic E-state index is -0.663. The van der Waals surface area contributed by atoms with Crippen molar-refractivity contribution in [2.75, 3.05) is 19.6 Å². The van der Waals surface area contributed by atoms with Gasteiger partial charge in [0.2, 0.25) is 0 Å². The molecule has 4 rings (SSSR count). The van der Waals surface area contributed by atoms with Crippen molar-refractivity contribution < 1.29 is 14.4 Å². The minimum absolute atomic E-state index is 0.178. The molecule has 2 atom stereocenters. The van der Waals surface area contributed by atoms with Crippen LogP contribution in [0.15, 0.2) is 12.1 Å². The molecule has 2 heterocycles. The number of fused-ring (bicyclic) bond motifs is 1. The topological polar surface area (TPSA) is 64.6 Å². The Labute approximate surface area is 134 Å². The van der Waals surface area contributed by atoms with Gasteiger partial charge in [0.1, 0.15) is 5.82 Å². The van der Waals surface area contributed by atoms with Crippen LogP contribution >= 0.6 is 0 Å². The van der Waals surface area contributed by atoms with Gasteiger partial charge in [0.25, 0.3) is 5.91 Å². The van der Waals surface area contributed by atoms with Crippen LogP contribution in [0.25, 0.3) is 0 Å². The molecule has 0 bridgehead atoms. The summed E-state index contributed by atoms with van der Waals surface area (Å²) in [6.07, 6.45) is 4.44. The van der Waals surface area contributed by atoms with E-state index in [1.54, 1.807) is 11.5 Å². The van der Waals surface area contributed by atoms with Gasteiger partial charge in [-0.2, -0.15) is 0 Å². The zero-order valence-electron chi connectivity index (χ0n) is 13.1. The highest BCUT2D eigenvalue weighted by atomic mass is 19.1. The van der Waals surface area contributed by atoms with E-state index in [1.807, 2.05) is 0 Å². The maximum absolute atomic E-state index is 14.5. The smallest absolute Gasteiger partial charge is 0.274 e. The molecule has 1 aliphatic carbocycles. The van der Waals surface area contributed by atoms with Crippen LogP contribution in [-0.2, 0) is 13.0 Å². The van der Waals surface area contributed by atoms with E-state index in [0.29, 0.717) is 23.6 Å². The lowest BCUT2D eigenvalue weighted by Gasteiger charge is -2.53. The van der Waals surface area contributed by atoms with Crippen molar-refractivity contribution in [2.24, 2.45) is 5.41 Å². The van der Waals surface area contributed by atoms with Gasteiger partial charge in [0.15, 0.2) is 0 Å². The Kier molecular flexibility index (Phi) is 3.63. The van der Waals surface area contributed by atoms with Crippen LogP contribution in [0.1, 0.15) is 40.7 Å². The van der Waals surface area contributed by atoms with Crippen molar-refractivity contribution in [2.45, 2.75) is 38.3 Å². The van der Waals surface area contributed by atoms with Crippen molar-refractivity contribution in [3.63, 3.8) is 0 Å². The van der Waals surface area contributed by atoms with Gasteiger partial charge in [-0.3, -0.25) is 14.9 Å². The summed E-state index contributed by atoms with van der Waals surface area (Å²) in [7, 11) is 0. The summed E-state index contributed by atoms with van der Waals surface area (Å²) < 4.78 is 14.5. The van der Waals surface area contributed by atoms with E-state index in [4.69, 9.17) is 5.21 Å². The second kappa shape index (κ2) is 5.54. The molecular weight excluding hydrogens is 297 g/mol. The molecule has 1 spiro atoms. The minimum Gasteiger partial charge on any atom is -0.316 e. The second-order valence-corrected chi connectivity index (χ2v) is 7.10. The third kappa shape index (κ3) is 2.36. The molecule has 5 nitrogen and oxygen atoms in total. The number of hydrogen-bond donors (Lipinski definition) is 3. The Balaban J connectivity index is 1.57. The Bertz CT molecular complexity index is 643. The van der Waals surface area contributed by atoms with E-state index >= 15 is 0 Å². The van der Waals surface area contributed by atoms with E-state index in [-0.39, 0.29) is 11.4 Å². The molecule has 0 aromatic heterocycles. The summed E-state index contributed by atoms with van der Waals surface area (Å²) in [6.45, 7) is 3.70. The summed E-state index contributed by atoms with van der Waals surface area (Å²) in [4.78, 5) is 13.9. The van der Waals surface area contributed by atoms with E-state index in [0.717, 1.165) is 31.6 Å². The Morgan fingerprint density at radius 2 is 2.30 bits per heavy atom. The number of benzene rings is 1. The molecule has 1 saturated carbocycles. The Morgan fingerprint density at radius 1 is 1.43 bits per heavy atom. The van der Waals surface area contributed by atoms with Gasteiger partial charge in [0, 0.05) is 36.8 Å². The molecule has 2 fully saturated rings. The summed E-state index contributed by atoms with van der Waals surface area (Å²) >= 11 is 0. The van der Waals surface area contributed by atoms with E-state index in [1.165, 1.54) is 25.3 Å². The monoisotopic (exact) mass is 319 g/mol. The fourth-order valence-electron chi connectivity index (χ4n) is 4.61. The van der Waals surface area contributed by atoms with Gasteiger partial charge in [-0.1, -0.05) is 0 Å². The first-order valence-corrected chi connectivity index (χ1v) is 8.33. The van der Waals surface area contributed by atoms with Crippen LogP contribution in [0.5, 0.6) is 0 Å². The highest BCUT2D eigenvalue weighted by Crippen LogP contribution is 2.49. The lowest BCUT2D eigenvalue weighted by atomic mass is 9.63. The van der Waals surface area contributed by atoms with Gasteiger partial charge in [-0.25, -0.2) is 9.87 Å². The predicted molar refractivity (Wildman–Crippen MR) is 82.7 cm³/mol. The lowest BCUT2D eigenvalue weighted by Crippen LogP contribution is -2.57. The van der Waals surface area contributed by atoms with E-state index in [2.05, 4.69) is 10.2 Å². The average molecular weight is 319 g/mol. The van der Waals surface area contributed by atoms with Gasteiger partial charge in [-0.05, 0) is 55.3 Å². The molecule has 6 heteroatoms. The zero-order chi connectivity index (χ0) is 16.0. The number of rotatable bonds is 2. The number of carbonyl (C=O) groups excluding carboxylic acids is 1. The average Bonchev–Trinajstić information content (AvgIpc) is 3.05. The number of nitrogens with one attached hydrogen (secondary N) is 2. The number of amides is 1. The second-order valence-electron chi connectivity index (χ2n) is 7.10. The van der Waals surface area contributed by atoms with Gasteiger partial charge in [0.05, 0.1) is 0 Å². The maximum atomic E-state index is 14.5. The first kappa shape index (κ1) is 15.1. The highest BCUT2D eigenvalue weighted by Gasteiger charge is 2.51. The van der Waals surface area contributed by atoms with Crippen LogP contribution in [0.4, 0.5) is 4.39 Å². The number of halogens is 1. The SMILES string of the molecule is O=C(NO)c1cc(F)c2c(c1)CCN([C@@H]1CC[C@]13CCNC3)C2. The maximum Gasteiger partial charge on any atom is 0.274 e. The van der Waals surface area contributed by atoms with E-state index in [9.17, 15) is 9.18 Å². The fraction of sp³-hybridized carbons (Fsp3) is 0.588. The molecule has 1 saturated heterocycles. The molecular formula is C17H22FN3O2. The fourth-order valence-corrected chi connectivity index (χ4v) is 4.61. The van der Waals surface area contributed by atoms with Crippen LogP contribution in [0, 0.1) is 11.2 Å². The molecule has 3 N–H and O–H groups in total. The largest absolute Gasteiger partial charge is 0.316 e. The molecule has 1 amide bonds. The first-order valence-electron chi connectivity index (χ1n) is 8.33. The molecule has 1 aromatic carbocycles. The molecule has 0 radical (unpaired) electrons. The summed E-state index contributed by atoms with van der Waals surface area (Å²) in [5, 5.41) is 12.2. The van der Waals surface area contributed by atoms with Crippen molar-refractivity contribution in [1.29, 1.82) is 0 Å². The molecule has 0 unspecified atom stereocenters. The van der Waals surface area contributed by atoms with Gasteiger partial charge >= 0.3 is 0 Å². The number of hydrogen-bond acceptors (Lipinski definition) is 4. The molecule has 124 valence electrons. The summed E-state index contributed by atoms with van der Waals surface area (Å²) in [5.41, 5.74) is 3.74. The normalized spacial score (nSPS) is 30.1. The lowest BCUT2D eigenvalue weighted by molar-refractivity contribution is -0.0209. The third-order valence-corrected chi connectivity index (χ3v) is 6.02. The molecule has 1 aromatic rings. The van der Waals surface area contributed by atoms with Crippen molar-refractivity contribution in [3.8, 4) is 0 Å². The van der Waals surface area contributed by atoms with Gasteiger partial charge in [-0.15, -0.1) is 0 Å². The first-order chi connectivity index (χ1) is 11.1. The molecule has 3 aliphatic rings.